The molecule has 1 aliphatic carbocycles. The van der Waals surface area contributed by atoms with Crippen molar-refractivity contribution in [1.29, 1.82) is 0 Å². The maximum absolute atomic E-state index is 13.7. The van der Waals surface area contributed by atoms with Crippen molar-refractivity contribution in [2.75, 3.05) is 20.6 Å². The summed E-state index contributed by atoms with van der Waals surface area (Å²) < 4.78 is 13.7. The number of aromatic amines is 1. The molecule has 5 rings (SSSR count). The molecule has 148 valence electrons. The average molecular weight is 380 g/mol. The van der Waals surface area contributed by atoms with E-state index in [0.29, 0.717) is 5.92 Å². The predicted octanol–water partition coefficient (Wildman–Crippen LogP) is 4.84. The lowest BCUT2D eigenvalue weighted by molar-refractivity contribution is 0.202. The summed E-state index contributed by atoms with van der Waals surface area (Å²) in [7, 11) is 3.75. The Hall–Kier alpha value is -2.17. The molecule has 0 atom stereocenters. The molecule has 28 heavy (non-hydrogen) atoms. The first kappa shape index (κ1) is 19.2. The average Bonchev–Trinajstić information content (AvgIpc) is 3.10. The van der Waals surface area contributed by atoms with Crippen molar-refractivity contribution < 1.29 is 4.39 Å². The molecule has 1 saturated carbocycles. The first-order valence-electron chi connectivity index (χ1n) is 10.4. The Kier molecular flexibility index (Phi) is 5.51. The summed E-state index contributed by atoms with van der Waals surface area (Å²) >= 11 is 0. The molecule has 3 aromatic rings. The van der Waals surface area contributed by atoms with Crippen LogP contribution in [0.15, 0.2) is 48.5 Å². The van der Waals surface area contributed by atoms with Gasteiger partial charge in [0.05, 0.1) is 5.54 Å². The van der Waals surface area contributed by atoms with Crippen LogP contribution in [0.4, 0.5) is 4.39 Å². The minimum absolute atomic E-state index is 0.0361. The summed E-state index contributed by atoms with van der Waals surface area (Å²) in [6, 6.07) is 16.0. The Balaban J connectivity index is 0.000000604. The Bertz CT molecular complexity index is 924. The van der Waals surface area contributed by atoms with E-state index in [0.717, 1.165) is 36.7 Å². The molecule has 2 heterocycles. The van der Waals surface area contributed by atoms with E-state index < -0.39 is 0 Å². The van der Waals surface area contributed by atoms with Gasteiger partial charge in [-0.05, 0) is 81.4 Å². The number of H-pyrrole nitrogens is 1. The van der Waals surface area contributed by atoms with Crippen LogP contribution in [0.2, 0.25) is 0 Å². The van der Waals surface area contributed by atoms with Crippen LogP contribution in [-0.2, 0) is 12.0 Å². The number of hydrogen-bond donors (Lipinski definition) is 3. The van der Waals surface area contributed by atoms with Gasteiger partial charge in [-0.1, -0.05) is 30.3 Å². The molecule has 0 bridgehead atoms. The summed E-state index contributed by atoms with van der Waals surface area (Å²) in [5, 5.41) is 7.63. The van der Waals surface area contributed by atoms with Crippen molar-refractivity contribution >= 4 is 10.9 Å². The van der Waals surface area contributed by atoms with Gasteiger partial charge in [0.2, 0.25) is 0 Å². The highest BCUT2D eigenvalue weighted by atomic mass is 19.1. The van der Waals surface area contributed by atoms with Crippen LogP contribution in [0.5, 0.6) is 0 Å². The quantitative estimate of drug-likeness (QED) is 0.566. The molecular formula is C24H30FN3. The van der Waals surface area contributed by atoms with Gasteiger partial charge in [0.1, 0.15) is 5.82 Å². The van der Waals surface area contributed by atoms with Gasteiger partial charge in [-0.25, -0.2) is 4.39 Å². The molecule has 0 radical (unpaired) electrons. The van der Waals surface area contributed by atoms with Gasteiger partial charge < -0.3 is 15.6 Å². The van der Waals surface area contributed by atoms with E-state index in [1.807, 2.05) is 20.2 Å². The Labute approximate surface area is 166 Å². The predicted molar refractivity (Wildman–Crippen MR) is 114 cm³/mol. The van der Waals surface area contributed by atoms with Gasteiger partial charge in [-0.15, -0.1) is 0 Å². The molecule has 1 aromatic heterocycles. The number of aromatic nitrogens is 1. The second kappa shape index (κ2) is 8.06. The van der Waals surface area contributed by atoms with E-state index in [-0.39, 0.29) is 11.4 Å². The maximum atomic E-state index is 13.7. The van der Waals surface area contributed by atoms with E-state index >= 15 is 0 Å². The zero-order valence-electron chi connectivity index (χ0n) is 16.8. The van der Waals surface area contributed by atoms with Gasteiger partial charge in [0.25, 0.3) is 0 Å². The molecule has 3 nitrogen and oxygen atoms in total. The lowest BCUT2D eigenvalue weighted by atomic mass is 9.70. The minimum Gasteiger partial charge on any atom is -0.357 e. The van der Waals surface area contributed by atoms with Crippen LogP contribution in [0.1, 0.15) is 48.4 Å². The SMILES string of the molecule is CNC.Fc1ccc2[nH]c3c(c2c1)CCNC31CCC(c2ccccc2)CC1. The monoisotopic (exact) mass is 379 g/mol. The highest BCUT2D eigenvalue weighted by Gasteiger charge is 2.41. The van der Waals surface area contributed by atoms with Crippen molar-refractivity contribution in [3.63, 3.8) is 0 Å². The second-order valence-corrected chi connectivity index (χ2v) is 8.11. The molecule has 0 saturated heterocycles. The number of nitrogens with one attached hydrogen (secondary N) is 3. The number of rotatable bonds is 1. The third-order valence-corrected chi connectivity index (χ3v) is 6.30. The van der Waals surface area contributed by atoms with Crippen LogP contribution in [0.3, 0.4) is 0 Å². The van der Waals surface area contributed by atoms with E-state index in [1.54, 1.807) is 12.1 Å². The first-order chi connectivity index (χ1) is 13.7. The number of fused-ring (bicyclic) bond motifs is 4. The van der Waals surface area contributed by atoms with Crippen molar-refractivity contribution in [3.8, 4) is 0 Å². The van der Waals surface area contributed by atoms with Crippen molar-refractivity contribution in [2.45, 2.75) is 43.6 Å². The molecule has 1 fully saturated rings. The number of benzene rings is 2. The summed E-state index contributed by atoms with van der Waals surface area (Å²) in [5.74, 6) is 0.510. The fourth-order valence-electron chi connectivity index (χ4n) is 5.00. The minimum atomic E-state index is -0.144. The van der Waals surface area contributed by atoms with Gasteiger partial charge in [-0.3, -0.25) is 0 Å². The largest absolute Gasteiger partial charge is 0.357 e. The third kappa shape index (κ3) is 3.47. The Morgan fingerprint density at radius 2 is 1.75 bits per heavy atom. The van der Waals surface area contributed by atoms with Gasteiger partial charge in [-0.2, -0.15) is 0 Å². The molecule has 1 aliphatic heterocycles. The molecule has 3 N–H and O–H groups in total. The van der Waals surface area contributed by atoms with Crippen LogP contribution in [-0.4, -0.2) is 25.6 Å². The zero-order chi connectivity index (χ0) is 19.6. The van der Waals surface area contributed by atoms with E-state index in [2.05, 4.69) is 45.9 Å². The second-order valence-electron chi connectivity index (χ2n) is 8.11. The van der Waals surface area contributed by atoms with E-state index in [1.165, 1.54) is 29.7 Å². The lowest BCUT2D eigenvalue weighted by Gasteiger charge is -2.43. The fourth-order valence-corrected chi connectivity index (χ4v) is 5.00. The maximum Gasteiger partial charge on any atom is 0.123 e. The summed E-state index contributed by atoms with van der Waals surface area (Å²) in [6.45, 7) is 0.979. The zero-order valence-corrected chi connectivity index (χ0v) is 16.8. The van der Waals surface area contributed by atoms with Crippen LogP contribution in [0, 0.1) is 5.82 Å². The van der Waals surface area contributed by atoms with Crippen LogP contribution < -0.4 is 10.6 Å². The fraction of sp³-hybridized carbons (Fsp3) is 0.417. The van der Waals surface area contributed by atoms with Crippen LogP contribution >= 0.6 is 0 Å². The molecule has 4 heteroatoms. The topological polar surface area (TPSA) is 39.9 Å². The number of hydrogen-bond acceptors (Lipinski definition) is 2. The van der Waals surface area contributed by atoms with Gasteiger partial charge in [0.15, 0.2) is 0 Å². The molecule has 0 unspecified atom stereocenters. The molecule has 2 aliphatic rings. The highest BCUT2D eigenvalue weighted by molar-refractivity contribution is 5.85. The summed E-state index contributed by atoms with van der Waals surface area (Å²) in [5.41, 5.74) is 5.21. The smallest absolute Gasteiger partial charge is 0.123 e. The standard InChI is InChI=1S/C22H23FN2.C2H7N/c23-17-6-7-20-19(14-17)18-10-13-24-22(21(18)25-20)11-8-16(9-12-22)15-4-2-1-3-5-15;1-3-2/h1-7,14,16,24-25H,8-13H2;3H,1-2H3. The van der Waals surface area contributed by atoms with Crippen molar-refractivity contribution in [2.24, 2.45) is 0 Å². The molecular weight excluding hydrogens is 349 g/mol. The van der Waals surface area contributed by atoms with Crippen molar-refractivity contribution in [3.05, 3.63) is 71.2 Å². The van der Waals surface area contributed by atoms with E-state index in [9.17, 15) is 4.39 Å². The number of halogens is 1. The Morgan fingerprint density at radius 1 is 1.04 bits per heavy atom. The Morgan fingerprint density at radius 3 is 2.46 bits per heavy atom. The van der Waals surface area contributed by atoms with Gasteiger partial charge in [0, 0.05) is 23.1 Å². The third-order valence-electron chi connectivity index (χ3n) is 6.30. The molecule has 0 amide bonds. The molecule has 1 spiro atoms. The summed E-state index contributed by atoms with van der Waals surface area (Å²) in [6.07, 6.45) is 5.63. The van der Waals surface area contributed by atoms with Gasteiger partial charge >= 0.3 is 0 Å². The van der Waals surface area contributed by atoms with E-state index in [4.69, 9.17) is 0 Å². The van der Waals surface area contributed by atoms with Crippen LogP contribution in [0.25, 0.3) is 10.9 Å². The first-order valence-corrected chi connectivity index (χ1v) is 10.4. The molecule has 2 aromatic carbocycles. The normalized spacial score (nSPS) is 23.9. The van der Waals surface area contributed by atoms with Crippen molar-refractivity contribution in [1.82, 2.24) is 15.6 Å². The lowest BCUT2D eigenvalue weighted by Crippen LogP contribution is -2.49. The highest BCUT2D eigenvalue weighted by Crippen LogP contribution is 2.46. The summed E-state index contributed by atoms with van der Waals surface area (Å²) in [4.78, 5) is 3.63.